The van der Waals surface area contributed by atoms with Crippen LogP contribution in [0.25, 0.3) is 11.0 Å². The first-order valence-electron chi connectivity index (χ1n) is 12.6. The largest absolute Gasteiger partial charge is 0.492 e. The first-order valence-corrected chi connectivity index (χ1v) is 12.6. The van der Waals surface area contributed by atoms with Gasteiger partial charge in [0.15, 0.2) is 0 Å². The zero-order chi connectivity index (χ0) is 27.8. The van der Waals surface area contributed by atoms with E-state index in [0.717, 1.165) is 10.1 Å². The van der Waals surface area contributed by atoms with Gasteiger partial charge in [0.25, 0.3) is 0 Å². The van der Waals surface area contributed by atoms with E-state index in [1.54, 1.807) is 67.6 Å². The van der Waals surface area contributed by atoms with Crippen LogP contribution in [0.5, 0.6) is 5.75 Å². The predicted octanol–water partition coefficient (Wildman–Crippen LogP) is 4.93. The normalized spacial score (nSPS) is 13.3. The highest BCUT2D eigenvalue weighted by Crippen LogP contribution is 2.31. The number of hydrogen-bond acceptors (Lipinski definition) is 5. The van der Waals surface area contributed by atoms with Crippen molar-refractivity contribution in [1.29, 1.82) is 0 Å². The van der Waals surface area contributed by atoms with E-state index in [9.17, 15) is 23.1 Å². The number of rotatable bonds is 12. The van der Waals surface area contributed by atoms with E-state index in [-0.39, 0.29) is 31.1 Å². The van der Waals surface area contributed by atoms with Gasteiger partial charge in [0, 0.05) is 19.6 Å². The van der Waals surface area contributed by atoms with E-state index >= 15 is 0 Å². The molecule has 0 fully saturated rings. The number of para-hydroxylation sites is 2. The maximum atomic E-state index is 13.5. The molecule has 39 heavy (non-hydrogen) atoms. The topological polar surface area (TPSA) is 85.6 Å². The number of ether oxygens (including phenoxy) is 2. The monoisotopic (exact) mass is 541 g/mol. The van der Waals surface area contributed by atoms with Crippen molar-refractivity contribution < 1.29 is 32.5 Å². The van der Waals surface area contributed by atoms with Crippen molar-refractivity contribution in [2.24, 2.45) is 0 Å². The van der Waals surface area contributed by atoms with Gasteiger partial charge in [-0.3, -0.25) is 4.79 Å². The standard InChI is InChI=1S/C29H30F3N3O4/c1-2-38-26(27(37)33-19-25(36)21-8-4-3-5-9-21)18-20-12-14-22(15-13-20)39-17-16-35-24-11-7-6-10-23(24)34-28(35)29(30,31)32/h3-15,25-26,36H,2,16-19H2,1H3,(H,33,37). The van der Waals surface area contributed by atoms with Gasteiger partial charge in [-0.2, -0.15) is 13.2 Å². The van der Waals surface area contributed by atoms with Crippen LogP contribution in [-0.4, -0.2) is 46.4 Å². The number of nitrogens with zero attached hydrogens (tertiary/aromatic N) is 2. The van der Waals surface area contributed by atoms with Gasteiger partial charge in [0.05, 0.1) is 23.7 Å². The van der Waals surface area contributed by atoms with Crippen molar-refractivity contribution in [1.82, 2.24) is 14.9 Å². The van der Waals surface area contributed by atoms with E-state index in [1.165, 1.54) is 0 Å². The predicted molar refractivity (Wildman–Crippen MR) is 140 cm³/mol. The minimum atomic E-state index is -4.58. The molecule has 0 saturated heterocycles. The van der Waals surface area contributed by atoms with Gasteiger partial charge in [-0.1, -0.05) is 54.6 Å². The van der Waals surface area contributed by atoms with Crippen LogP contribution in [0.1, 0.15) is 30.0 Å². The molecule has 3 aromatic carbocycles. The molecule has 7 nitrogen and oxygen atoms in total. The quantitative estimate of drug-likeness (QED) is 0.266. The molecule has 1 heterocycles. The second-order valence-electron chi connectivity index (χ2n) is 8.89. The van der Waals surface area contributed by atoms with Gasteiger partial charge in [-0.05, 0) is 42.3 Å². The second kappa shape index (κ2) is 12.8. The van der Waals surface area contributed by atoms with Crippen molar-refractivity contribution >= 4 is 16.9 Å². The number of fused-ring (bicyclic) bond motifs is 1. The Bertz CT molecular complexity index is 1360. The number of benzene rings is 3. The Balaban J connectivity index is 1.32. The van der Waals surface area contributed by atoms with Crippen molar-refractivity contribution in [3.8, 4) is 5.75 Å². The van der Waals surface area contributed by atoms with E-state index in [4.69, 9.17) is 9.47 Å². The van der Waals surface area contributed by atoms with Crippen LogP contribution < -0.4 is 10.1 Å². The summed E-state index contributed by atoms with van der Waals surface area (Å²) >= 11 is 0. The van der Waals surface area contributed by atoms with Gasteiger partial charge in [-0.15, -0.1) is 0 Å². The summed E-state index contributed by atoms with van der Waals surface area (Å²) in [5, 5.41) is 13.0. The first kappa shape index (κ1) is 28.1. The lowest BCUT2D eigenvalue weighted by Crippen LogP contribution is -2.39. The molecule has 0 aliphatic rings. The minimum absolute atomic E-state index is 0.0104. The first-order chi connectivity index (χ1) is 18.8. The van der Waals surface area contributed by atoms with Crippen LogP contribution in [0.3, 0.4) is 0 Å². The SMILES string of the molecule is CCOC(Cc1ccc(OCCn2c(C(F)(F)F)nc3ccccc32)cc1)C(=O)NCC(O)c1ccccc1. The highest BCUT2D eigenvalue weighted by Gasteiger charge is 2.37. The summed E-state index contributed by atoms with van der Waals surface area (Å²) in [4.78, 5) is 16.5. The smallest absolute Gasteiger partial charge is 0.449 e. The van der Waals surface area contributed by atoms with Crippen LogP contribution in [0.4, 0.5) is 13.2 Å². The molecule has 2 unspecified atom stereocenters. The van der Waals surface area contributed by atoms with Crippen LogP contribution in [0.2, 0.25) is 0 Å². The number of aromatic nitrogens is 2. The average Bonchev–Trinajstić information content (AvgIpc) is 3.32. The highest BCUT2D eigenvalue weighted by molar-refractivity contribution is 5.81. The number of alkyl halides is 3. The molecule has 0 spiro atoms. The van der Waals surface area contributed by atoms with Crippen molar-refractivity contribution in [3.05, 3.63) is 95.8 Å². The summed E-state index contributed by atoms with van der Waals surface area (Å²) in [6, 6.07) is 22.5. The third kappa shape index (κ3) is 7.36. The number of carbonyl (C=O) groups is 1. The molecular formula is C29H30F3N3O4. The Labute approximate surface area is 224 Å². The Hall–Kier alpha value is -3.89. The fourth-order valence-corrected chi connectivity index (χ4v) is 4.24. The zero-order valence-corrected chi connectivity index (χ0v) is 21.4. The molecule has 2 atom stereocenters. The third-order valence-electron chi connectivity index (χ3n) is 6.15. The van der Waals surface area contributed by atoms with E-state index in [0.29, 0.717) is 29.9 Å². The number of hydrogen-bond donors (Lipinski definition) is 2. The van der Waals surface area contributed by atoms with E-state index in [2.05, 4.69) is 10.3 Å². The number of imidazole rings is 1. The zero-order valence-electron chi connectivity index (χ0n) is 21.4. The van der Waals surface area contributed by atoms with Crippen LogP contribution in [0.15, 0.2) is 78.9 Å². The fraction of sp³-hybridized carbons (Fsp3) is 0.310. The second-order valence-corrected chi connectivity index (χ2v) is 8.89. The summed E-state index contributed by atoms with van der Waals surface area (Å²) in [5.74, 6) is -0.806. The Morgan fingerprint density at radius 3 is 2.41 bits per heavy atom. The molecule has 4 rings (SSSR count). The van der Waals surface area contributed by atoms with Crippen molar-refractivity contribution in [2.75, 3.05) is 19.8 Å². The van der Waals surface area contributed by atoms with E-state index < -0.39 is 24.2 Å². The fourth-order valence-electron chi connectivity index (χ4n) is 4.24. The van der Waals surface area contributed by atoms with E-state index in [1.807, 2.05) is 18.2 Å². The number of aliphatic hydroxyl groups is 1. The van der Waals surface area contributed by atoms with Gasteiger partial charge < -0.3 is 24.5 Å². The maximum Gasteiger partial charge on any atom is 0.449 e. The number of halogens is 3. The lowest BCUT2D eigenvalue weighted by atomic mass is 10.1. The molecule has 10 heteroatoms. The van der Waals surface area contributed by atoms with Crippen molar-refractivity contribution in [3.63, 3.8) is 0 Å². The van der Waals surface area contributed by atoms with Crippen LogP contribution in [0, 0.1) is 0 Å². The molecule has 0 radical (unpaired) electrons. The number of amides is 1. The summed E-state index contributed by atoms with van der Waals surface area (Å²) in [6.07, 6.45) is -5.86. The minimum Gasteiger partial charge on any atom is -0.492 e. The van der Waals surface area contributed by atoms with Crippen LogP contribution >= 0.6 is 0 Å². The summed E-state index contributed by atoms with van der Waals surface area (Å²) < 4.78 is 52.9. The molecule has 4 aromatic rings. The van der Waals surface area contributed by atoms with Gasteiger partial charge in [0.2, 0.25) is 11.7 Å². The Kier molecular flexibility index (Phi) is 9.21. The number of nitrogens with one attached hydrogen (secondary N) is 1. The average molecular weight is 542 g/mol. The summed E-state index contributed by atoms with van der Waals surface area (Å²) in [6.45, 7) is 2.17. The molecule has 1 amide bonds. The van der Waals surface area contributed by atoms with Crippen LogP contribution in [-0.2, 0) is 28.7 Å². The molecule has 0 bridgehead atoms. The Morgan fingerprint density at radius 1 is 1.03 bits per heavy atom. The summed E-state index contributed by atoms with van der Waals surface area (Å²) in [7, 11) is 0. The lowest BCUT2D eigenvalue weighted by molar-refractivity contribution is -0.147. The number of aliphatic hydroxyl groups excluding tert-OH is 1. The van der Waals surface area contributed by atoms with Gasteiger partial charge >= 0.3 is 6.18 Å². The number of carbonyl (C=O) groups excluding carboxylic acids is 1. The molecule has 1 aromatic heterocycles. The molecule has 2 N–H and O–H groups in total. The van der Waals surface area contributed by atoms with Crippen molar-refractivity contribution in [2.45, 2.75) is 38.3 Å². The highest BCUT2D eigenvalue weighted by atomic mass is 19.4. The van der Waals surface area contributed by atoms with Gasteiger partial charge in [0.1, 0.15) is 18.5 Å². The molecule has 0 saturated carbocycles. The molecule has 0 aliphatic heterocycles. The lowest BCUT2D eigenvalue weighted by Gasteiger charge is -2.19. The molecule has 0 aliphatic carbocycles. The summed E-state index contributed by atoms with van der Waals surface area (Å²) in [5.41, 5.74) is 2.19. The molecule has 206 valence electrons. The third-order valence-corrected chi connectivity index (χ3v) is 6.15. The Morgan fingerprint density at radius 2 is 1.72 bits per heavy atom. The molecular weight excluding hydrogens is 511 g/mol. The maximum absolute atomic E-state index is 13.5. The van der Waals surface area contributed by atoms with Gasteiger partial charge in [-0.25, -0.2) is 4.98 Å².